The van der Waals surface area contributed by atoms with Crippen LogP contribution in [0.2, 0.25) is 0 Å². The Bertz CT molecular complexity index is 1960. The average molecular weight is 822 g/mol. The van der Waals surface area contributed by atoms with Gasteiger partial charge < -0.3 is 38.3 Å². The van der Waals surface area contributed by atoms with Crippen molar-refractivity contribution in [1.82, 2.24) is 4.98 Å². The Balaban J connectivity index is 2.13. The van der Waals surface area contributed by atoms with Crippen LogP contribution in [0, 0.1) is 17.3 Å². The van der Waals surface area contributed by atoms with Crippen LogP contribution in [0.5, 0.6) is 0 Å². The van der Waals surface area contributed by atoms with Gasteiger partial charge in [-0.3, -0.25) is 29.0 Å². The summed E-state index contributed by atoms with van der Waals surface area (Å²) >= 11 is 0. The lowest BCUT2D eigenvalue weighted by molar-refractivity contribution is -0.195. The maximum atomic E-state index is 13.9. The number of fused-ring (bicyclic) bond motifs is 1. The standard InChI is InChI=1S/C43H51NO15/c1-23-18-19-41(8,9)38(58-40(51)31-17-14-20-44-21-31)35(55-27(5)47)34(54-26(4)46)24(2)33(53-25(3)45)32-37(57-39(50)30-15-12-11-13-16-30)42(10,59-29(7)49)22-43(32,52)36(23)56-28(6)48/h11-21,23,32-38,52H,2,22H2,1,3-10H3/t23-,32-,33-,34+,35+,36-,37+,38+,42+,43+/m0/s1. The molecule has 0 unspecified atom stereocenters. The Hall–Kier alpha value is -5.90. The summed E-state index contributed by atoms with van der Waals surface area (Å²) in [5.74, 6) is -9.04. The van der Waals surface area contributed by atoms with Crippen LogP contribution in [-0.4, -0.2) is 99.7 Å². The van der Waals surface area contributed by atoms with E-state index in [1.54, 1.807) is 51.1 Å². The number of carbonyl (C=O) groups is 7. The van der Waals surface area contributed by atoms with E-state index in [-0.39, 0.29) is 16.7 Å². The SMILES string of the molecule is C=C1[C@@H](OC(C)=O)[C@@H](OC(C)=O)[C@@H](OC(=O)c2cccnc2)C(C)(C)C=C[C@H](C)[C@H](OC(C)=O)[C@@]2(O)C[C@@](C)(OC(C)=O)[C@H](OC(=O)c3ccccc3)[C@@H]2[C@H]1OC(C)=O. The number of rotatable bonds is 9. The van der Waals surface area contributed by atoms with Crippen molar-refractivity contribution < 1.29 is 71.8 Å². The summed E-state index contributed by atoms with van der Waals surface area (Å²) in [6, 6.07) is 10.7. The van der Waals surface area contributed by atoms with Crippen LogP contribution in [0.1, 0.15) is 89.5 Å². The van der Waals surface area contributed by atoms with Crippen molar-refractivity contribution in [3.8, 4) is 0 Å². The van der Waals surface area contributed by atoms with E-state index < -0.39 is 113 Å². The fraction of sp³-hybridized carbons (Fsp3) is 0.488. The smallest absolute Gasteiger partial charge is 0.340 e. The number of esters is 7. The van der Waals surface area contributed by atoms with E-state index >= 15 is 0 Å². The molecule has 2 aliphatic carbocycles. The molecule has 0 saturated heterocycles. The maximum absolute atomic E-state index is 13.9. The minimum Gasteiger partial charge on any atom is -0.459 e. The molecule has 0 radical (unpaired) electrons. The summed E-state index contributed by atoms with van der Waals surface area (Å²) in [7, 11) is 0. The number of ether oxygens (including phenoxy) is 7. The summed E-state index contributed by atoms with van der Waals surface area (Å²) < 4.78 is 41.7. The second kappa shape index (κ2) is 18.4. The molecule has 1 N–H and O–H groups in total. The van der Waals surface area contributed by atoms with Gasteiger partial charge in [0, 0.05) is 70.3 Å². The minimum atomic E-state index is -2.42. The zero-order valence-corrected chi connectivity index (χ0v) is 34.5. The van der Waals surface area contributed by atoms with Gasteiger partial charge in [-0.2, -0.15) is 0 Å². The molecule has 16 heteroatoms. The van der Waals surface area contributed by atoms with E-state index in [2.05, 4.69) is 11.6 Å². The normalized spacial score (nSPS) is 30.2. The summed E-state index contributed by atoms with van der Waals surface area (Å²) in [6.45, 7) is 15.8. The van der Waals surface area contributed by atoms with Gasteiger partial charge in [-0.25, -0.2) is 9.59 Å². The van der Waals surface area contributed by atoms with Crippen molar-refractivity contribution in [2.45, 2.75) is 117 Å². The fourth-order valence-electron chi connectivity index (χ4n) is 7.99. The van der Waals surface area contributed by atoms with Crippen LogP contribution >= 0.6 is 0 Å². The zero-order valence-electron chi connectivity index (χ0n) is 34.5. The van der Waals surface area contributed by atoms with Crippen LogP contribution in [0.25, 0.3) is 0 Å². The van der Waals surface area contributed by atoms with E-state index in [0.717, 1.165) is 34.6 Å². The number of hydrogen-bond donors (Lipinski definition) is 1. The van der Waals surface area contributed by atoms with Crippen molar-refractivity contribution in [3.63, 3.8) is 0 Å². The van der Waals surface area contributed by atoms with Gasteiger partial charge in [-0.05, 0) is 31.2 Å². The second-order valence-electron chi connectivity index (χ2n) is 15.6. The van der Waals surface area contributed by atoms with E-state index in [0.29, 0.717) is 0 Å². The minimum absolute atomic E-state index is 0.0211. The molecule has 0 spiro atoms. The highest BCUT2D eigenvalue weighted by molar-refractivity contribution is 5.90. The van der Waals surface area contributed by atoms with Gasteiger partial charge in [-0.1, -0.05) is 57.7 Å². The number of hydrogen-bond acceptors (Lipinski definition) is 16. The lowest BCUT2D eigenvalue weighted by Gasteiger charge is -2.46. The molecule has 2 aromatic rings. The van der Waals surface area contributed by atoms with E-state index in [1.807, 2.05) is 0 Å². The number of pyridine rings is 1. The Morgan fingerprint density at radius 2 is 1.22 bits per heavy atom. The average Bonchev–Trinajstić information content (AvgIpc) is 3.36. The van der Waals surface area contributed by atoms with Crippen LogP contribution in [0.15, 0.2) is 79.2 Å². The molecule has 1 fully saturated rings. The predicted molar refractivity (Wildman–Crippen MR) is 206 cm³/mol. The summed E-state index contributed by atoms with van der Waals surface area (Å²) in [4.78, 5) is 96.6. The largest absolute Gasteiger partial charge is 0.459 e. The molecule has 4 rings (SSSR count). The first-order chi connectivity index (χ1) is 27.5. The Morgan fingerprint density at radius 3 is 1.76 bits per heavy atom. The molecule has 2 aliphatic rings. The lowest BCUT2D eigenvalue weighted by atomic mass is 9.71. The van der Waals surface area contributed by atoms with Crippen LogP contribution in [-0.2, 0) is 57.1 Å². The quantitative estimate of drug-likeness (QED) is 0.210. The van der Waals surface area contributed by atoms with Crippen molar-refractivity contribution in [1.29, 1.82) is 0 Å². The molecule has 1 saturated carbocycles. The third-order valence-corrected chi connectivity index (χ3v) is 10.3. The van der Waals surface area contributed by atoms with E-state index in [4.69, 9.17) is 33.2 Å². The fourth-order valence-corrected chi connectivity index (χ4v) is 7.99. The molecule has 1 aromatic carbocycles. The highest BCUT2D eigenvalue weighted by Gasteiger charge is 2.70. The van der Waals surface area contributed by atoms with Gasteiger partial charge in [0.2, 0.25) is 0 Å². The van der Waals surface area contributed by atoms with Crippen molar-refractivity contribution in [3.05, 3.63) is 90.3 Å². The van der Waals surface area contributed by atoms with Crippen molar-refractivity contribution in [2.75, 3.05) is 0 Å². The van der Waals surface area contributed by atoms with Crippen LogP contribution < -0.4 is 0 Å². The number of carbonyl (C=O) groups excluding carboxylic acids is 7. The number of benzene rings is 1. The lowest BCUT2D eigenvalue weighted by Crippen LogP contribution is -2.60. The molecular formula is C43H51NO15. The molecule has 10 atom stereocenters. The highest BCUT2D eigenvalue weighted by atomic mass is 16.6. The molecule has 0 bridgehead atoms. The van der Waals surface area contributed by atoms with Crippen molar-refractivity contribution in [2.24, 2.45) is 17.3 Å². The summed E-state index contributed by atoms with van der Waals surface area (Å²) in [5.41, 5.74) is -5.96. The first-order valence-electron chi connectivity index (χ1n) is 18.9. The van der Waals surface area contributed by atoms with Gasteiger partial charge >= 0.3 is 41.8 Å². The van der Waals surface area contributed by atoms with Crippen molar-refractivity contribution >= 4 is 41.8 Å². The Morgan fingerprint density at radius 1 is 0.678 bits per heavy atom. The second-order valence-corrected chi connectivity index (χ2v) is 15.6. The van der Waals surface area contributed by atoms with Crippen LogP contribution in [0.4, 0.5) is 0 Å². The molecular weight excluding hydrogens is 770 g/mol. The molecule has 318 valence electrons. The molecule has 1 aromatic heterocycles. The summed E-state index contributed by atoms with van der Waals surface area (Å²) in [5, 5.41) is 13.3. The van der Waals surface area contributed by atoms with E-state index in [9.17, 15) is 38.7 Å². The summed E-state index contributed by atoms with van der Waals surface area (Å²) in [6.07, 6.45) is -4.99. The van der Waals surface area contributed by atoms with Gasteiger partial charge in [-0.15, -0.1) is 0 Å². The zero-order chi connectivity index (χ0) is 44.0. The number of aliphatic hydroxyl groups is 1. The number of aromatic nitrogens is 1. The molecule has 1 heterocycles. The van der Waals surface area contributed by atoms with Gasteiger partial charge in [0.05, 0.1) is 17.0 Å². The molecule has 0 aliphatic heterocycles. The van der Waals surface area contributed by atoms with Gasteiger partial charge in [0.25, 0.3) is 0 Å². The maximum Gasteiger partial charge on any atom is 0.340 e. The molecule has 16 nitrogen and oxygen atoms in total. The first kappa shape index (κ1) is 45.8. The predicted octanol–water partition coefficient (Wildman–Crippen LogP) is 4.42. The van der Waals surface area contributed by atoms with Gasteiger partial charge in [0.15, 0.2) is 24.4 Å². The number of nitrogens with zero attached hydrogens (tertiary/aromatic N) is 1. The Kier molecular flexibility index (Phi) is 14.2. The third-order valence-electron chi connectivity index (χ3n) is 10.3. The topological polar surface area (TPSA) is 217 Å². The third kappa shape index (κ3) is 10.6. The monoisotopic (exact) mass is 821 g/mol. The highest BCUT2D eigenvalue weighted by Crippen LogP contribution is 2.54. The molecule has 0 amide bonds. The van der Waals surface area contributed by atoms with Crippen LogP contribution in [0.3, 0.4) is 0 Å². The molecule has 59 heavy (non-hydrogen) atoms. The van der Waals surface area contributed by atoms with E-state index in [1.165, 1.54) is 43.6 Å². The first-order valence-corrected chi connectivity index (χ1v) is 18.9. The Labute approximate surface area is 342 Å². The van der Waals surface area contributed by atoms with Gasteiger partial charge in [0.1, 0.15) is 23.4 Å².